The number of halogens is 1. The smallest absolute Gasteiger partial charge is 0.214 e. The SMILES string of the molecule is O=S1(=O)CCCN1Cc1cc(C#CCCO)ccc1F. The summed E-state index contributed by atoms with van der Waals surface area (Å²) in [5, 5.41) is 8.65. The van der Waals surface area contributed by atoms with Gasteiger partial charge in [0, 0.05) is 30.6 Å². The van der Waals surface area contributed by atoms with E-state index in [1.165, 1.54) is 10.4 Å². The molecule has 0 saturated carbocycles. The monoisotopic (exact) mass is 297 g/mol. The number of aliphatic hydroxyl groups is 1. The van der Waals surface area contributed by atoms with Crippen LogP contribution in [0.1, 0.15) is 24.0 Å². The number of aliphatic hydroxyl groups excluding tert-OH is 1. The first-order valence-electron chi connectivity index (χ1n) is 6.39. The first-order chi connectivity index (χ1) is 9.53. The van der Waals surface area contributed by atoms with E-state index in [1.807, 2.05) is 0 Å². The zero-order valence-corrected chi connectivity index (χ0v) is 11.8. The van der Waals surface area contributed by atoms with Crippen molar-refractivity contribution in [3.05, 3.63) is 35.1 Å². The molecule has 0 aliphatic carbocycles. The molecule has 1 aliphatic heterocycles. The van der Waals surface area contributed by atoms with Crippen molar-refractivity contribution in [2.24, 2.45) is 0 Å². The van der Waals surface area contributed by atoms with Crippen LogP contribution in [-0.2, 0) is 16.6 Å². The fourth-order valence-corrected chi connectivity index (χ4v) is 3.55. The molecule has 0 atom stereocenters. The summed E-state index contributed by atoms with van der Waals surface area (Å²) >= 11 is 0. The zero-order chi connectivity index (χ0) is 14.6. The van der Waals surface area contributed by atoms with E-state index in [-0.39, 0.29) is 18.9 Å². The van der Waals surface area contributed by atoms with Crippen molar-refractivity contribution in [1.29, 1.82) is 0 Å². The van der Waals surface area contributed by atoms with Gasteiger partial charge in [0.25, 0.3) is 0 Å². The van der Waals surface area contributed by atoms with Crippen LogP contribution in [-0.4, -0.2) is 36.7 Å². The summed E-state index contributed by atoms with van der Waals surface area (Å²) in [6.45, 7) is 0.457. The molecule has 4 nitrogen and oxygen atoms in total. The second-order valence-corrected chi connectivity index (χ2v) is 6.67. The van der Waals surface area contributed by atoms with Gasteiger partial charge in [0.1, 0.15) is 5.82 Å². The van der Waals surface area contributed by atoms with Gasteiger partial charge < -0.3 is 5.11 Å². The number of hydrogen-bond donors (Lipinski definition) is 1. The van der Waals surface area contributed by atoms with Gasteiger partial charge in [0.15, 0.2) is 0 Å². The van der Waals surface area contributed by atoms with Gasteiger partial charge in [-0.3, -0.25) is 0 Å². The molecule has 20 heavy (non-hydrogen) atoms. The third-order valence-electron chi connectivity index (χ3n) is 3.07. The topological polar surface area (TPSA) is 57.6 Å². The third kappa shape index (κ3) is 3.57. The Morgan fingerprint density at radius 2 is 2.20 bits per heavy atom. The van der Waals surface area contributed by atoms with Crippen LogP contribution in [0.15, 0.2) is 18.2 Å². The lowest BCUT2D eigenvalue weighted by Crippen LogP contribution is -2.25. The fourth-order valence-electron chi connectivity index (χ4n) is 2.05. The summed E-state index contributed by atoms with van der Waals surface area (Å²) in [4.78, 5) is 0. The molecule has 1 aromatic carbocycles. The molecule has 0 spiro atoms. The highest BCUT2D eigenvalue weighted by Crippen LogP contribution is 2.19. The van der Waals surface area contributed by atoms with E-state index in [9.17, 15) is 12.8 Å². The van der Waals surface area contributed by atoms with Crippen LogP contribution in [0.2, 0.25) is 0 Å². The molecule has 1 saturated heterocycles. The lowest BCUT2D eigenvalue weighted by atomic mass is 10.1. The number of nitrogens with zero attached hydrogens (tertiary/aromatic N) is 1. The second-order valence-electron chi connectivity index (χ2n) is 4.58. The first kappa shape index (κ1) is 15.0. The van der Waals surface area contributed by atoms with Crippen molar-refractivity contribution in [3.63, 3.8) is 0 Å². The molecule has 1 heterocycles. The van der Waals surface area contributed by atoms with Crippen LogP contribution < -0.4 is 0 Å². The number of rotatable bonds is 3. The first-order valence-corrected chi connectivity index (χ1v) is 8.00. The Morgan fingerprint density at radius 1 is 1.40 bits per heavy atom. The van der Waals surface area contributed by atoms with Crippen molar-refractivity contribution >= 4 is 10.0 Å². The minimum Gasteiger partial charge on any atom is -0.395 e. The quantitative estimate of drug-likeness (QED) is 0.850. The van der Waals surface area contributed by atoms with Crippen molar-refractivity contribution in [3.8, 4) is 11.8 Å². The molecular weight excluding hydrogens is 281 g/mol. The molecule has 1 aliphatic rings. The van der Waals surface area contributed by atoms with Crippen LogP contribution >= 0.6 is 0 Å². The third-order valence-corrected chi connectivity index (χ3v) is 4.97. The molecule has 1 N–H and O–H groups in total. The molecule has 2 rings (SSSR count). The van der Waals surface area contributed by atoms with Gasteiger partial charge in [-0.15, -0.1) is 0 Å². The van der Waals surface area contributed by atoms with Gasteiger partial charge in [-0.05, 0) is 24.6 Å². The standard InChI is InChI=1S/C14H16FNO3S/c15-14-6-5-12(4-1-2-8-17)10-13(14)11-16-7-3-9-20(16,18)19/h5-6,10,17H,2-3,7-9,11H2. The lowest BCUT2D eigenvalue weighted by Gasteiger charge is -2.14. The van der Waals surface area contributed by atoms with Gasteiger partial charge in [-0.25, -0.2) is 12.8 Å². The maximum atomic E-state index is 13.8. The highest BCUT2D eigenvalue weighted by molar-refractivity contribution is 7.89. The summed E-state index contributed by atoms with van der Waals surface area (Å²) in [6, 6.07) is 4.40. The van der Waals surface area contributed by atoms with E-state index in [4.69, 9.17) is 5.11 Å². The Hall–Kier alpha value is -1.42. The number of sulfonamides is 1. The van der Waals surface area contributed by atoms with E-state index in [0.717, 1.165) is 0 Å². The average molecular weight is 297 g/mol. The van der Waals surface area contributed by atoms with Gasteiger partial charge in [0.2, 0.25) is 10.0 Å². The minimum absolute atomic E-state index is 0.0208. The maximum Gasteiger partial charge on any atom is 0.214 e. The highest BCUT2D eigenvalue weighted by atomic mass is 32.2. The van der Waals surface area contributed by atoms with E-state index in [2.05, 4.69) is 11.8 Å². The summed E-state index contributed by atoms with van der Waals surface area (Å²) in [5.74, 6) is 5.27. The van der Waals surface area contributed by atoms with Crippen LogP contribution in [0.25, 0.3) is 0 Å². The molecule has 0 amide bonds. The Balaban J connectivity index is 2.19. The molecule has 0 radical (unpaired) electrons. The minimum atomic E-state index is -3.24. The Bertz CT molecular complexity index is 646. The highest BCUT2D eigenvalue weighted by Gasteiger charge is 2.28. The Morgan fingerprint density at radius 3 is 2.85 bits per heavy atom. The maximum absolute atomic E-state index is 13.8. The van der Waals surface area contributed by atoms with Crippen molar-refractivity contribution in [2.45, 2.75) is 19.4 Å². The molecular formula is C14H16FNO3S. The lowest BCUT2D eigenvalue weighted by molar-refractivity contribution is 0.305. The zero-order valence-electron chi connectivity index (χ0n) is 11.0. The van der Waals surface area contributed by atoms with Crippen molar-refractivity contribution in [2.75, 3.05) is 18.9 Å². The second kappa shape index (κ2) is 6.35. The summed E-state index contributed by atoms with van der Waals surface area (Å²) < 4.78 is 38.5. The predicted octanol–water partition coefficient (Wildman–Crippen LogP) is 1.10. The van der Waals surface area contributed by atoms with E-state index in [0.29, 0.717) is 30.5 Å². The van der Waals surface area contributed by atoms with Crippen molar-refractivity contribution in [1.82, 2.24) is 4.31 Å². The summed E-state index contributed by atoms with van der Waals surface area (Å²) in [7, 11) is -3.24. The Kier molecular flexibility index (Phi) is 4.76. The molecule has 1 aromatic rings. The van der Waals surface area contributed by atoms with E-state index >= 15 is 0 Å². The molecule has 0 bridgehead atoms. The van der Waals surface area contributed by atoms with Gasteiger partial charge in [-0.2, -0.15) is 4.31 Å². The summed E-state index contributed by atoms with van der Waals surface area (Å²) in [5.41, 5.74) is 0.942. The van der Waals surface area contributed by atoms with Gasteiger partial charge >= 0.3 is 0 Å². The molecule has 0 unspecified atom stereocenters. The van der Waals surface area contributed by atoms with E-state index in [1.54, 1.807) is 12.1 Å². The number of benzene rings is 1. The van der Waals surface area contributed by atoms with Crippen molar-refractivity contribution < 1.29 is 17.9 Å². The average Bonchev–Trinajstić information content (AvgIpc) is 2.73. The van der Waals surface area contributed by atoms with Gasteiger partial charge in [-0.1, -0.05) is 11.8 Å². The fraction of sp³-hybridized carbons (Fsp3) is 0.429. The van der Waals surface area contributed by atoms with Crippen LogP contribution in [0.3, 0.4) is 0 Å². The summed E-state index contributed by atoms with van der Waals surface area (Å²) in [6.07, 6.45) is 0.938. The molecule has 6 heteroatoms. The van der Waals surface area contributed by atoms with E-state index < -0.39 is 15.8 Å². The number of hydrogen-bond acceptors (Lipinski definition) is 3. The Labute approximate surface area is 118 Å². The van der Waals surface area contributed by atoms with Gasteiger partial charge in [0.05, 0.1) is 12.4 Å². The molecule has 1 fully saturated rings. The van der Waals surface area contributed by atoms with Crippen LogP contribution in [0.4, 0.5) is 4.39 Å². The molecule has 0 aromatic heterocycles. The predicted molar refractivity (Wildman–Crippen MR) is 73.8 cm³/mol. The normalized spacial score (nSPS) is 17.7. The largest absolute Gasteiger partial charge is 0.395 e. The van der Waals surface area contributed by atoms with Crippen LogP contribution in [0.5, 0.6) is 0 Å². The van der Waals surface area contributed by atoms with Crippen LogP contribution in [0, 0.1) is 17.7 Å². The molecule has 108 valence electrons.